The van der Waals surface area contributed by atoms with Crippen molar-refractivity contribution in [3.8, 4) is 11.5 Å². The van der Waals surface area contributed by atoms with Gasteiger partial charge in [-0.25, -0.2) is 0 Å². The van der Waals surface area contributed by atoms with Crippen molar-refractivity contribution in [2.45, 2.75) is 33.1 Å². The Bertz CT molecular complexity index is 406. The molecule has 1 saturated heterocycles. The van der Waals surface area contributed by atoms with Crippen LogP contribution in [0.2, 0.25) is 0 Å². The zero-order chi connectivity index (χ0) is 13.7. The van der Waals surface area contributed by atoms with Crippen LogP contribution in [0, 0.1) is 5.92 Å². The predicted octanol–water partition coefficient (Wildman–Crippen LogP) is 3.20. The van der Waals surface area contributed by atoms with E-state index in [0.717, 1.165) is 24.6 Å². The molecule has 0 aliphatic carbocycles. The van der Waals surface area contributed by atoms with Gasteiger partial charge in [0, 0.05) is 0 Å². The SMILES string of the molecule is CCOc1ccc(C2CCNCC2C)cc1OCC. The lowest BCUT2D eigenvalue weighted by Gasteiger charge is -2.30. The standard InChI is InChI=1S/C16H25NO2/c1-4-18-15-7-6-13(10-16(15)19-5-2)14-8-9-17-11-12(14)3/h6-7,10,12,14,17H,4-5,8-9,11H2,1-3H3. The maximum atomic E-state index is 5.72. The molecule has 1 heterocycles. The molecule has 19 heavy (non-hydrogen) atoms. The molecule has 3 nitrogen and oxygen atoms in total. The van der Waals surface area contributed by atoms with E-state index in [1.165, 1.54) is 12.0 Å². The Balaban J connectivity index is 2.23. The monoisotopic (exact) mass is 263 g/mol. The van der Waals surface area contributed by atoms with Crippen molar-refractivity contribution in [1.82, 2.24) is 5.32 Å². The summed E-state index contributed by atoms with van der Waals surface area (Å²) >= 11 is 0. The molecule has 0 spiro atoms. The van der Waals surface area contributed by atoms with Gasteiger partial charge in [0.15, 0.2) is 11.5 Å². The first-order valence-electron chi connectivity index (χ1n) is 7.36. The highest BCUT2D eigenvalue weighted by Gasteiger charge is 2.23. The zero-order valence-electron chi connectivity index (χ0n) is 12.2. The van der Waals surface area contributed by atoms with Crippen LogP contribution in [-0.4, -0.2) is 26.3 Å². The Hall–Kier alpha value is -1.22. The third-order valence-corrected chi connectivity index (χ3v) is 3.78. The van der Waals surface area contributed by atoms with Crippen LogP contribution in [0.25, 0.3) is 0 Å². The fraction of sp³-hybridized carbons (Fsp3) is 0.625. The maximum absolute atomic E-state index is 5.72. The molecule has 1 aliphatic heterocycles. The fourth-order valence-corrected chi connectivity index (χ4v) is 2.81. The normalized spacial score (nSPS) is 23.1. The van der Waals surface area contributed by atoms with Crippen LogP contribution >= 0.6 is 0 Å². The van der Waals surface area contributed by atoms with Gasteiger partial charge in [-0.3, -0.25) is 0 Å². The van der Waals surface area contributed by atoms with E-state index >= 15 is 0 Å². The molecule has 2 unspecified atom stereocenters. The Morgan fingerprint density at radius 1 is 1.16 bits per heavy atom. The van der Waals surface area contributed by atoms with Crippen LogP contribution in [0.3, 0.4) is 0 Å². The van der Waals surface area contributed by atoms with E-state index in [9.17, 15) is 0 Å². The van der Waals surface area contributed by atoms with Crippen LogP contribution in [0.1, 0.15) is 38.7 Å². The first-order chi connectivity index (χ1) is 9.26. The molecule has 1 aromatic rings. The van der Waals surface area contributed by atoms with Crippen molar-refractivity contribution in [2.75, 3.05) is 26.3 Å². The molecule has 2 atom stereocenters. The molecule has 0 amide bonds. The summed E-state index contributed by atoms with van der Waals surface area (Å²) in [5.41, 5.74) is 1.38. The van der Waals surface area contributed by atoms with Gasteiger partial charge in [0.1, 0.15) is 0 Å². The summed E-state index contributed by atoms with van der Waals surface area (Å²) in [4.78, 5) is 0. The van der Waals surface area contributed by atoms with E-state index < -0.39 is 0 Å². The number of hydrogen-bond acceptors (Lipinski definition) is 3. The first-order valence-corrected chi connectivity index (χ1v) is 7.36. The van der Waals surface area contributed by atoms with Crippen molar-refractivity contribution in [3.63, 3.8) is 0 Å². The van der Waals surface area contributed by atoms with E-state index in [1.54, 1.807) is 0 Å². The number of nitrogens with one attached hydrogen (secondary N) is 1. The largest absolute Gasteiger partial charge is 0.490 e. The van der Waals surface area contributed by atoms with Gasteiger partial charge < -0.3 is 14.8 Å². The van der Waals surface area contributed by atoms with E-state index in [0.29, 0.717) is 25.0 Å². The summed E-state index contributed by atoms with van der Waals surface area (Å²) in [6.45, 7) is 9.87. The Morgan fingerprint density at radius 2 is 1.89 bits per heavy atom. The average Bonchev–Trinajstić information content (AvgIpc) is 2.42. The van der Waals surface area contributed by atoms with Crippen LogP contribution < -0.4 is 14.8 Å². The van der Waals surface area contributed by atoms with Gasteiger partial charge in [0.05, 0.1) is 13.2 Å². The van der Waals surface area contributed by atoms with Crippen molar-refractivity contribution < 1.29 is 9.47 Å². The molecule has 1 aliphatic rings. The van der Waals surface area contributed by atoms with Crippen LogP contribution in [0.5, 0.6) is 11.5 Å². The number of piperidine rings is 1. The van der Waals surface area contributed by atoms with Crippen molar-refractivity contribution >= 4 is 0 Å². The molecule has 1 N–H and O–H groups in total. The number of ether oxygens (including phenoxy) is 2. The number of benzene rings is 1. The maximum Gasteiger partial charge on any atom is 0.161 e. The Labute approximate surface area is 116 Å². The van der Waals surface area contributed by atoms with Gasteiger partial charge in [-0.2, -0.15) is 0 Å². The molecule has 1 fully saturated rings. The van der Waals surface area contributed by atoms with Crippen molar-refractivity contribution in [2.24, 2.45) is 5.92 Å². The number of hydrogen-bond donors (Lipinski definition) is 1. The van der Waals surface area contributed by atoms with Gasteiger partial charge in [-0.1, -0.05) is 13.0 Å². The summed E-state index contributed by atoms with van der Waals surface area (Å²) in [6.07, 6.45) is 1.20. The summed E-state index contributed by atoms with van der Waals surface area (Å²) < 4.78 is 11.3. The second kappa shape index (κ2) is 6.80. The van der Waals surface area contributed by atoms with Crippen LogP contribution in [0.15, 0.2) is 18.2 Å². The molecular formula is C16H25NO2. The molecule has 0 aromatic heterocycles. The van der Waals surface area contributed by atoms with Crippen LogP contribution in [-0.2, 0) is 0 Å². The molecule has 0 radical (unpaired) electrons. The Kier molecular flexibility index (Phi) is 5.08. The third-order valence-electron chi connectivity index (χ3n) is 3.78. The van der Waals surface area contributed by atoms with Crippen molar-refractivity contribution in [3.05, 3.63) is 23.8 Å². The molecule has 2 rings (SSSR count). The average molecular weight is 263 g/mol. The van der Waals surface area contributed by atoms with Gasteiger partial charge >= 0.3 is 0 Å². The smallest absolute Gasteiger partial charge is 0.161 e. The van der Waals surface area contributed by atoms with E-state index in [4.69, 9.17) is 9.47 Å². The molecule has 0 saturated carbocycles. The second-order valence-corrected chi connectivity index (χ2v) is 5.15. The molecule has 106 valence electrons. The molecule has 3 heteroatoms. The zero-order valence-corrected chi connectivity index (χ0v) is 12.2. The molecule has 1 aromatic carbocycles. The first kappa shape index (κ1) is 14.2. The summed E-state index contributed by atoms with van der Waals surface area (Å²) in [5, 5.41) is 3.45. The minimum absolute atomic E-state index is 0.621. The molecule has 0 bridgehead atoms. The highest BCUT2D eigenvalue weighted by molar-refractivity contribution is 5.44. The lowest BCUT2D eigenvalue weighted by Crippen LogP contribution is -2.33. The minimum atomic E-state index is 0.621. The lowest BCUT2D eigenvalue weighted by molar-refractivity contribution is 0.286. The van der Waals surface area contributed by atoms with Crippen molar-refractivity contribution in [1.29, 1.82) is 0 Å². The van der Waals surface area contributed by atoms with E-state index in [1.807, 2.05) is 13.8 Å². The predicted molar refractivity (Wildman–Crippen MR) is 78.2 cm³/mol. The highest BCUT2D eigenvalue weighted by atomic mass is 16.5. The Morgan fingerprint density at radius 3 is 2.58 bits per heavy atom. The minimum Gasteiger partial charge on any atom is -0.490 e. The van der Waals surface area contributed by atoms with E-state index in [-0.39, 0.29) is 0 Å². The highest BCUT2D eigenvalue weighted by Crippen LogP contribution is 2.36. The summed E-state index contributed by atoms with van der Waals surface area (Å²) in [7, 11) is 0. The second-order valence-electron chi connectivity index (χ2n) is 5.15. The van der Waals surface area contributed by atoms with Gasteiger partial charge in [0.2, 0.25) is 0 Å². The van der Waals surface area contributed by atoms with E-state index in [2.05, 4.69) is 30.4 Å². The number of rotatable bonds is 5. The fourth-order valence-electron chi connectivity index (χ4n) is 2.81. The summed E-state index contributed by atoms with van der Waals surface area (Å²) in [6, 6.07) is 6.42. The summed E-state index contributed by atoms with van der Waals surface area (Å²) in [5.74, 6) is 3.03. The topological polar surface area (TPSA) is 30.5 Å². The van der Waals surface area contributed by atoms with Gasteiger partial charge in [-0.05, 0) is 62.9 Å². The molecular weight excluding hydrogens is 238 g/mol. The third kappa shape index (κ3) is 3.41. The van der Waals surface area contributed by atoms with Gasteiger partial charge in [-0.15, -0.1) is 0 Å². The quantitative estimate of drug-likeness (QED) is 0.885. The van der Waals surface area contributed by atoms with Gasteiger partial charge in [0.25, 0.3) is 0 Å². The van der Waals surface area contributed by atoms with Crippen LogP contribution in [0.4, 0.5) is 0 Å². The lowest BCUT2D eigenvalue weighted by atomic mass is 9.82.